The first-order valence-electron chi connectivity index (χ1n) is 18.7. The molecule has 0 spiro atoms. The Labute approximate surface area is 305 Å². The van der Waals surface area contributed by atoms with Gasteiger partial charge in [0.25, 0.3) is 0 Å². The van der Waals surface area contributed by atoms with Crippen LogP contribution in [0, 0.1) is 41.5 Å². The Morgan fingerprint density at radius 3 is 1.17 bits per heavy atom. The molecule has 0 saturated heterocycles. The second-order valence-electron chi connectivity index (χ2n) is 15.7. The van der Waals surface area contributed by atoms with Crippen molar-refractivity contribution in [3.8, 4) is 11.4 Å². The number of aromatic nitrogens is 2. The maximum atomic E-state index is 2.63. The molecule has 0 N–H and O–H groups in total. The molecule has 2 nitrogen and oxygen atoms in total. The zero-order valence-electron chi connectivity index (χ0n) is 30.6. The minimum Gasteiger partial charge on any atom is -0.310 e. The highest BCUT2D eigenvalue weighted by Crippen LogP contribution is 2.37. The van der Waals surface area contributed by atoms with Gasteiger partial charge in [0.1, 0.15) is 0 Å². The fourth-order valence-corrected chi connectivity index (χ4v) is 10.8. The van der Waals surface area contributed by atoms with E-state index in [2.05, 4.69) is 172 Å². The van der Waals surface area contributed by atoms with Crippen LogP contribution in [0.5, 0.6) is 0 Å². The van der Waals surface area contributed by atoms with E-state index < -0.39 is 0 Å². The van der Waals surface area contributed by atoms with Crippen LogP contribution >= 0.6 is 0 Å². The molecule has 9 aromatic rings. The summed E-state index contributed by atoms with van der Waals surface area (Å²) in [5.41, 5.74) is 24.3. The van der Waals surface area contributed by atoms with Crippen LogP contribution in [0.25, 0.3) is 55.0 Å². The highest BCUT2D eigenvalue weighted by molar-refractivity contribution is 7.01. The number of hydrogen-bond donors (Lipinski definition) is 0. The van der Waals surface area contributed by atoms with Crippen LogP contribution < -0.4 is 32.8 Å². The maximum Gasteiger partial charge on any atom is 0.247 e. The number of hydrogen-bond acceptors (Lipinski definition) is 0. The summed E-state index contributed by atoms with van der Waals surface area (Å²) in [4.78, 5) is 0. The van der Waals surface area contributed by atoms with Crippen molar-refractivity contribution >= 4 is 89.8 Å². The monoisotopic (exact) mass is 664 g/mol. The van der Waals surface area contributed by atoms with Gasteiger partial charge in [-0.15, -0.1) is 0 Å². The predicted octanol–water partition coefficient (Wildman–Crippen LogP) is 7.39. The van der Waals surface area contributed by atoms with E-state index in [9.17, 15) is 0 Å². The van der Waals surface area contributed by atoms with E-state index in [1.807, 2.05) is 0 Å². The Hall–Kier alpha value is -5.73. The molecular weight excluding hydrogens is 626 g/mol. The second-order valence-corrected chi connectivity index (χ2v) is 15.7. The van der Waals surface area contributed by atoms with Crippen molar-refractivity contribution in [1.29, 1.82) is 0 Å². The largest absolute Gasteiger partial charge is 0.310 e. The predicted molar refractivity (Wildman–Crippen MR) is 226 cm³/mol. The molecule has 0 atom stereocenters. The smallest absolute Gasteiger partial charge is 0.247 e. The lowest BCUT2D eigenvalue weighted by Crippen LogP contribution is -2.62. The van der Waals surface area contributed by atoms with Gasteiger partial charge in [0.05, 0.1) is 11.0 Å². The van der Waals surface area contributed by atoms with Crippen LogP contribution in [-0.4, -0.2) is 22.6 Å². The van der Waals surface area contributed by atoms with Crippen molar-refractivity contribution in [1.82, 2.24) is 9.13 Å². The SMILES string of the molecule is Cc1cc(C)c(B2c3cc4c(cc3-n3c5ccccc5c5cccc2c53)-n2c3ccccc3c3cccc(c32)B4c2c(C)cc(C)cc2C)c(C)c1. The van der Waals surface area contributed by atoms with Crippen molar-refractivity contribution in [2.24, 2.45) is 0 Å². The highest BCUT2D eigenvalue weighted by Gasteiger charge is 2.40. The van der Waals surface area contributed by atoms with Crippen molar-refractivity contribution in [2.75, 3.05) is 0 Å². The van der Waals surface area contributed by atoms with Crippen LogP contribution in [0.4, 0.5) is 0 Å². The highest BCUT2D eigenvalue weighted by atomic mass is 15.0. The van der Waals surface area contributed by atoms with Crippen molar-refractivity contribution in [2.45, 2.75) is 41.5 Å². The summed E-state index contributed by atoms with van der Waals surface area (Å²) in [6, 6.07) is 46.7. The van der Waals surface area contributed by atoms with Crippen LogP contribution in [0.2, 0.25) is 0 Å². The summed E-state index contributed by atoms with van der Waals surface area (Å²) in [6.45, 7) is 13.9. The molecule has 2 aromatic heterocycles. The number of benzene rings is 7. The number of rotatable bonds is 2. The molecule has 0 bridgehead atoms. The van der Waals surface area contributed by atoms with Gasteiger partial charge in [-0.25, -0.2) is 0 Å². The molecule has 0 amide bonds. The van der Waals surface area contributed by atoms with Gasteiger partial charge >= 0.3 is 0 Å². The lowest BCUT2D eigenvalue weighted by Gasteiger charge is -2.34. The Morgan fingerprint density at radius 2 is 0.750 bits per heavy atom. The molecule has 0 radical (unpaired) electrons. The van der Waals surface area contributed by atoms with Gasteiger partial charge in [0.15, 0.2) is 0 Å². The number of nitrogens with zero attached hydrogens (tertiary/aromatic N) is 2. The van der Waals surface area contributed by atoms with Crippen molar-refractivity contribution < 1.29 is 0 Å². The third-order valence-electron chi connectivity index (χ3n) is 12.4. The molecule has 11 rings (SSSR count). The van der Waals surface area contributed by atoms with Gasteiger partial charge in [0.2, 0.25) is 13.4 Å². The molecule has 52 heavy (non-hydrogen) atoms. The number of aryl methyl sites for hydroxylation is 6. The zero-order valence-corrected chi connectivity index (χ0v) is 30.6. The number of para-hydroxylation sites is 4. The maximum absolute atomic E-state index is 2.63. The molecule has 4 heteroatoms. The zero-order chi connectivity index (χ0) is 35.2. The lowest BCUT2D eigenvalue weighted by atomic mass is 9.31. The van der Waals surface area contributed by atoms with Crippen LogP contribution in [0.3, 0.4) is 0 Å². The van der Waals surface area contributed by atoms with E-state index >= 15 is 0 Å². The van der Waals surface area contributed by atoms with E-state index in [4.69, 9.17) is 0 Å². The van der Waals surface area contributed by atoms with Crippen LogP contribution in [0.15, 0.2) is 121 Å². The van der Waals surface area contributed by atoms with Gasteiger partial charge in [-0.2, -0.15) is 0 Å². The van der Waals surface area contributed by atoms with Gasteiger partial charge in [-0.3, -0.25) is 0 Å². The molecule has 0 fully saturated rings. The standard InChI is InChI=1S/C48H38B2N2/c1-27-21-29(3)45(30(4)22-27)49-37-17-11-15-35-33-13-7-9-19-41(33)51(47(35)37)43-26-44-40(25-39(43)49)50(46-31(5)23-28(2)24-32(46)6)38-18-12-16-36-34-14-8-10-20-42(34)52(44)48(36)38/h7-26H,1-6H3. The second kappa shape index (κ2) is 10.4. The first-order chi connectivity index (χ1) is 25.3. The van der Waals surface area contributed by atoms with Crippen molar-refractivity contribution in [3.05, 3.63) is 155 Å². The average Bonchev–Trinajstić information content (AvgIpc) is 3.65. The molecule has 246 valence electrons. The molecule has 0 saturated carbocycles. The quantitative estimate of drug-likeness (QED) is 0.171. The normalized spacial score (nSPS) is 13.1. The molecule has 7 aromatic carbocycles. The van der Waals surface area contributed by atoms with Crippen LogP contribution in [0.1, 0.15) is 33.4 Å². The third kappa shape index (κ3) is 3.77. The molecule has 0 aliphatic carbocycles. The van der Waals surface area contributed by atoms with Gasteiger partial charge in [-0.1, -0.05) is 147 Å². The first-order valence-corrected chi connectivity index (χ1v) is 18.7. The summed E-state index contributed by atoms with van der Waals surface area (Å²) in [5, 5.41) is 5.27. The minimum atomic E-state index is 0.0980. The Morgan fingerprint density at radius 1 is 0.365 bits per heavy atom. The van der Waals surface area contributed by atoms with Crippen LogP contribution in [-0.2, 0) is 0 Å². The molecule has 2 aliphatic heterocycles. The Balaban J connectivity index is 1.36. The Bertz CT molecular complexity index is 2800. The third-order valence-corrected chi connectivity index (χ3v) is 12.4. The van der Waals surface area contributed by atoms with E-state index in [-0.39, 0.29) is 13.4 Å². The lowest BCUT2D eigenvalue weighted by molar-refractivity contribution is 1.15. The van der Waals surface area contributed by atoms with E-state index in [0.717, 1.165) is 0 Å². The van der Waals surface area contributed by atoms with Gasteiger partial charge in [-0.05, 0) is 81.6 Å². The van der Waals surface area contributed by atoms with Gasteiger partial charge in [0, 0.05) is 44.0 Å². The summed E-state index contributed by atoms with van der Waals surface area (Å²) < 4.78 is 5.18. The minimum absolute atomic E-state index is 0.0980. The summed E-state index contributed by atoms with van der Waals surface area (Å²) in [5.74, 6) is 0. The fourth-order valence-electron chi connectivity index (χ4n) is 10.8. The molecule has 4 heterocycles. The first kappa shape index (κ1) is 29.9. The summed E-state index contributed by atoms with van der Waals surface area (Å²) in [7, 11) is 0. The van der Waals surface area contributed by atoms with Gasteiger partial charge < -0.3 is 9.13 Å². The topological polar surface area (TPSA) is 9.86 Å². The fraction of sp³-hybridized carbons (Fsp3) is 0.125. The molecule has 2 aliphatic rings. The van der Waals surface area contributed by atoms with Crippen molar-refractivity contribution in [3.63, 3.8) is 0 Å². The number of fused-ring (bicyclic) bond motifs is 10. The molecule has 0 unspecified atom stereocenters. The van der Waals surface area contributed by atoms with E-state index in [1.165, 1.54) is 121 Å². The molecular formula is C48H38B2N2. The Kier molecular flexibility index (Phi) is 6.00. The van der Waals surface area contributed by atoms with E-state index in [1.54, 1.807) is 0 Å². The summed E-state index contributed by atoms with van der Waals surface area (Å²) >= 11 is 0. The van der Waals surface area contributed by atoms with E-state index in [0.29, 0.717) is 0 Å². The summed E-state index contributed by atoms with van der Waals surface area (Å²) in [6.07, 6.45) is 0. The average molecular weight is 664 g/mol.